The molecular weight excluding hydrogens is 282 g/mol. The van der Waals surface area contributed by atoms with Crippen LogP contribution >= 0.6 is 15.9 Å². The number of hydrogen-bond acceptors (Lipinski definition) is 2. The molecule has 2 rings (SSSR count). The minimum atomic E-state index is -0.653. The van der Waals surface area contributed by atoms with Crippen molar-refractivity contribution in [1.29, 1.82) is 0 Å². The van der Waals surface area contributed by atoms with Crippen molar-refractivity contribution in [2.24, 2.45) is 5.41 Å². The molecule has 0 bridgehead atoms. The van der Waals surface area contributed by atoms with E-state index in [1.165, 1.54) is 5.56 Å². The highest BCUT2D eigenvalue weighted by Gasteiger charge is 2.50. The first-order valence-electron chi connectivity index (χ1n) is 5.68. The van der Waals surface area contributed by atoms with Crippen molar-refractivity contribution >= 4 is 21.9 Å². The van der Waals surface area contributed by atoms with Gasteiger partial charge in [-0.25, -0.2) is 0 Å². The van der Waals surface area contributed by atoms with Gasteiger partial charge in [0.1, 0.15) is 0 Å². The predicted molar refractivity (Wildman–Crippen MR) is 69.8 cm³/mol. The standard InChI is InChI=1S/C13H16BrNO2/c1-15(9-13(6-7-13)12(16)17)8-10-2-4-11(14)5-3-10/h2-5H,6-9H2,1H3,(H,16,17). The van der Waals surface area contributed by atoms with E-state index in [-0.39, 0.29) is 0 Å². The summed E-state index contributed by atoms with van der Waals surface area (Å²) in [7, 11) is 1.98. The van der Waals surface area contributed by atoms with Crippen molar-refractivity contribution in [1.82, 2.24) is 4.90 Å². The second-order valence-corrected chi connectivity index (χ2v) is 5.80. The van der Waals surface area contributed by atoms with Gasteiger partial charge in [-0.05, 0) is 37.6 Å². The van der Waals surface area contributed by atoms with Crippen LogP contribution < -0.4 is 0 Å². The summed E-state index contributed by atoms with van der Waals surface area (Å²) < 4.78 is 1.06. The molecule has 1 aromatic rings. The zero-order chi connectivity index (χ0) is 12.5. The van der Waals surface area contributed by atoms with E-state index >= 15 is 0 Å². The van der Waals surface area contributed by atoms with Crippen LogP contribution in [0.4, 0.5) is 0 Å². The molecule has 1 aliphatic carbocycles. The van der Waals surface area contributed by atoms with Crippen LogP contribution in [0.3, 0.4) is 0 Å². The minimum absolute atomic E-state index is 0.468. The third-order valence-electron chi connectivity index (χ3n) is 3.25. The maximum Gasteiger partial charge on any atom is 0.310 e. The van der Waals surface area contributed by atoms with Crippen molar-refractivity contribution < 1.29 is 9.90 Å². The SMILES string of the molecule is CN(Cc1ccc(Br)cc1)CC1(C(=O)O)CC1. The van der Waals surface area contributed by atoms with Crippen molar-refractivity contribution in [3.63, 3.8) is 0 Å². The fraction of sp³-hybridized carbons (Fsp3) is 0.462. The van der Waals surface area contributed by atoms with E-state index < -0.39 is 11.4 Å². The Morgan fingerprint density at radius 2 is 2.00 bits per heavy atom. The number of hydrogen-bond donors (Lipinski definition) is 1. The van der Waals surface area contributed by atoms with E-state index in [0.717, 1.165) is 23.9 Å². The highest BCUT2D eigenvalue weighted by atomic mass is 79.9. The molecule has 3 nitrogen and oxygen atoms in total. The summed E-state index contributed by atoms with van der Waals surface area (Å²) in [5, 5.41) is 9.12. The fourth-order valence-electron chi connectivity index (χ4n) is 2.06. The van der Waals surface area contributed by atoms with Gasteiger partial charge in [0.25, 0.3) is 0 Å². The van der Waals surface area contributed by atoms with Crippen LogP contribution in [0.25, 0.3) is 0 Å². The Labute approximate surface area is 110 Å². The lowest BCUT2D eigenvalue weighted by Gasteiger charge is -2.20. The van der Waals surface area contributed by atoms with Crippen molar-refractivity contribution in [2.75, 3.05) is 13.6 Å². The molecule has 1 saturated carbocycles. The molecule has 0 amide bonds. The Morgan fingerprint density at radius 3 is 2.47 bits per heavy atom. The second kappa shape index (κ2) is 4.78. The lowest BCUT2D eigenvalue weighted by molar-refractivity contribution is -0.144. The molecule has 0 unspecified atom stereocenters. The van der Waals surface area contributed by atoms with Gasteiger partial charge in [0.2, 0.25) is 0 Å². The number of carboxylic acid groups (broad SMARTS) is 1. The van der Waals surface area contributed by atoms with Crippen LogP contribution in [-0.2, 0) is 11.3 Å². The molecule has 0 aromatic heterocycles. The molecule has 0 heterocycles. The van der Waals surface area contributed by atoms with Gasteiger partial charge in [-0.1, -0.05) is 28.1 Å². The van der Waals surface area contributed by atoms with Gasteiger partial charge in [0.15, 0.2) is 0 Å². The maximum absolute atomic E-state index is 11.1. The van der Waals surface area contributed by atoms with E-state index in [0.29, 0.717) is 6.54 Å². The monoisotopic (exact) mass is 297 g/mol. The van der Waals surface area contributed by atoms with Gasteiger partial charge in [-0.2, -0.15) is 0 Å². The number of aliphatic carboxylic acids is 1. The normalized spacial score (nSPS) is 17.1. The number of rotatable bonds is 5. The van der Waals surface area contributed by atoms with Gasteiger partial charge in [-0.3, -0.25) is 4.79 Å². The van der Waals surface area contributed by atoms with Crippen LogP contribution in [0.2, 0.25) is 0 Å². The zero-order valence-electron chi connectivity index (χ0n) is 9.82. The Bertz CT molecular complexity index is 412. The number of carboxylic acids is 1. The summed E-state index contributed by atoms with van der Waals surface area (Å²) in [6.07, 6.45) is 1.63. The molecule has 0 aliphatic heterocycles. The quantitative estimate of drug-likeness (QED) is 0.908. The average Bonchev–Trinajstić information content (AvgIpc) is 3.02. The van der Waals surface area contributed by atoms with Gasteiger partial charge in [-0.15, -0.1) is 0 Å². The van der Waals surface area contributed by atoms with Gasteiger partial charge in [0, 0.05) is 17.6 Å². The number of benzene rings is 1. The molecule has 92 valence electrons. The van der Waals surface area contributed by atoms with Gasteiger partial charge >= 0.3 is 5.97 Å². The highest BCUT2D eigenvalue weighted by Crippen LogP contribution is 2.46. The average molecular weight is 298 g/mol. The zero-order valence-corrected chi connectivity index (χ0v) is 11.4. The molecule has 4 heteroatoms. The highest BCUT2D eigenvalue weighted by molar-refractivity contribution is 9.10. The third kappa shape index (κ3) is 3.07. The van der Waals surface area contributed by atoms with Crippen molar-refractivity contribution in [3.05, 3.63) is 34.3 Å². The van der Waals surface area contributed by atoms with E-state index in [1.807, 2.05) is 19.2 Å². The minimum Gasteiger partial charge on any atom is -0.481 e. The van der Waals surface area contributed by atoms with Crippen LogP contribution in [0.5, 0.6) is 0 Å². The second-order valence-electron chi connectivity index (χ2n) is 4.88. The molecule has 1 N–H and O–H groups in total. The molecule has 1 aliphatic rings. The van der Waals surface area contributed by atoms with E-state index in [9.17, 15) is 4.79 Å². The Hall–Kier alpha value is -0.870. The third-order valence-corrected chi connectivity index (χ3v) is 3.77. The lowest BCUT2D eigenvalue weighted by Crippen LogP contribution is -2.31. The number of halogens is 1. The van der Waals surface area contributed by atoms with E-state index in [4.69, 9.17) is 5.11 Å². The van der Waals surface area contributed by atoms with Crippen molar-refractivity contribution in [2.45, 2.75) is 19.4 Å². The van der Waals surface area contributed by atoms with E-state index in [1.54, 1.807) is 0 Å². The summed E-state index contributed by atoms with van der Waals surface area (Å²) in [5.74, 6) is -0.653. The molecule has 0 spiro atoms. The number of carbonyl (C=O) groups is 1. The maximum atomic E-state index is 11.1. The summed E-state index contributed by atoms with van der Waals surface area (Å²) in [5.41, 5.74) is 0.737. The summed E-state index contributed by atoms with van der Waals surface area (Å²) in [6.45, 7) is 1.43. The van der Waals surface area contributed by atoms with Crippen LogP contribution in [-0.4, -0.2) is 29.6 Å². The lowest BCUT2D eigenvalue weighted by atomic mass is 10.1. The Kier molecular flexibility index (Phi) is 3.54. The Balaban J connectivity index is 1.91. The molecule has 1 aromatic carbocycles. The first-order chi connectivity index (χ1) is 8.02. The van der Waals surface area contributed by atoms with Crippen LogP contribution in [0.1, 0.15) is 18.4 Å². The summed E-state index contributed by atoms with van der Waals surface area (Å²) >= 11 is 3.40. The number of nitrogens with zero attached hydrogens (tertiary/aromatic N) is 1. The molecule has 0 atom stereocenters. The van der Waals surface area contributed by atoms with Gasteiger partial charge < -0.3 is 10.0 Å². The molecular formula is C13H16BrNO2. The first-order valence-corrected chi connectivity index (χ1v) is 6.47. The van der Waals surface area contributed by atoms with Gasteiger partial charge in [0.05, 0.1) is 5.41 Å². The van der Waals surface area contributed by atoms with Crippen LogP contribution in [0, 0.1) is 5.41 Å². The molecule has 1 fully saturated rings. The predicted octanol–water partition coefficient (Wildman–Crippen LogP) is 2.75. The Morgan fingerprint density at radius 1 is 1.41 bits per heavy atom. The first kappa shape index (κ1) is 12.6. The fourth-order valence-corrected chi connectivity index (χ4v) is 2.33. The largest absolute Gasteiger partial charge is 0.481 e. The summed E-state index contributed by atoms with van der Waals surface area (Å²) in [4.78, 5) is 13.2. The smallest absolute Gasteiger partial charge is 0.310 e. The van der Waals surface area contributed by atoms with Crippen molar-refractivity contribution in [3.8, 4) is 0 Å². The topological polar surface area (TPSA) is 40.5 Å². The molecule has 17 heavy (non-hydrogen) atoms. The summed E-state index contributed by atoms with van der Waals surface area (Å²) in [6, 6.07) is 8.13. The van der Waals surface area contributed by atoms with Crippen LogP contribution in [0.15, 0.2) is 28.7 Å². The molecule has 0 radical (unpaired) electrons. The van der Waals surface area contributed by atoms with E-state index in [2.05, 4.69) is 33.0 Å². The molecule has 0 saturated heterocycles.